The van der Waals surface area contributed by atoms with E-state index in [1.54, 1.807) is 50.3 Å². The second-order valence-electron chi connectivity index (χ2n) is 10.4. The van der Waals surface area contributed by atoms with Crippen molar-refractivity contribution in [2.24, 2.45) is 0 Å². The van der Waals surface area contributed by atoms with Crippen LogP contribution in [0.25, 0.3) is 18.2 Å². The van der Waals surface area contributed by atoms with E-state index in [0.717, 1.165) is 30.8 Å². The lowest BCUT2D eigenvalue weighted by molar-refractivity contribution is 0.0502. The monoisotopic (exact) mass is 584 g/mol. The van der Waals surface area contributed by atoms with Crippen LogP contribution in [-0.4, -0.2) is 31.3 Å². The predicted octanol–water partition coefficient (Wildman–Crippen LogP) is 7.47. The Kier molecular flexibility index (Phi) is 10.2. The van der Waals surface area contributed by atoms with Gasteiger partial charge in [0.05, 0.1) is 12.2 Å². The predicted molar refractivity (Wildman–Crippen MR) is 168 cm³/mol. The van der Waals surface area contributed by atoms with E-state index in [1.807, 2.05) is 54.6 Å². The summed E-state index contributed by atoms with van der Waals surface area (Å²) in [4.78, 5) is 14.4. The Morgan fingerprint density at radius 3 is 2.18 bits per heavy atom. The first-order valence-corrected chi connectivity index (χ1v) is 14.2. The number of hydrogen-bond donors (Lipinski definition) is 0. The van der Waals surface area contributed by atoms with E-state index in [1.165, 1.54) is 0 Å². The van der Waals surface area contributed by atoms with Gasteiger partial charge in [-0.3, -0.25) is 0 Å². The number of ether oxygens (including phenoxy) is 2. The molecule has 0 aliphatic carbocycles. The highest BCUT2D eigenvalue weighted by Crippen LogP contribution is 2.40. The summed E-state index contributed by atoms with van der Waals surface area (Å²) in [5.41, 5.74) is 2.24. The third-order valence-electron chi connectivity index (χ3n) is 7.02. The van der Waals surface area contributed by atoms with E-state index in [9.17, 15) is 20.6 Å². The number of nitrogens with zero attached hydrogens (tertiary/aromatic N) is 4. The Morgan fingerprint density at radius 1 is 0.909 bits per heavy atom. The van der Waals surface area contributed by atoms with Gasteiger partial charge in [0, 0.05) is 24.4 Å². The van der Waals surface area contributed by atoms with Crippen LogP contribution in [0.15, 0.2) is 99.7 Å². The molecule has 0 amide bonds. The number of allylic oxidation sites excluding steroid dienone is 2. The minimum Gasteiger partial charge on any atom is -0.480 e. The van der Waals surface area contributed by atoms with Crippen LogP contribution in [0.2, 0.25) is 0 Å². The Morgan fingerprint density at radius 2 is 1.57 bits per heavy atom. The van der Waals surface area contributed by atoms with Gasteiger partial charge in [-0.1, -0.05) is 36.4 Å². The van der Waals surface area contributed by atoms with Gasteiger partial charge in [-0.2, -0.15) is 15.8 Å². The number of benzene rings is 2. The molecule has 0 spiro atoms. The lowest BCUT2D eigenvalue weighted by Gasteiger charge is -2.23. The summed E-state index contributed by atoms with van der Waals surface area (Å²) in [6.07, 6.45) is 8.01. The first kappa shape index (κ1) is 31.2. The first-order valence-electron chi connectivity index (χ1n) is 14.2. The molecule has 1 aliphatic heterocycles. The average Bonchev–Trinajstić information content (AvgIpc) is 3.60. The molecule has 220 valence electrons. The number of hydrogen-bond acceptors (Lipinski definition) is 8. The maximum absolute atomic E-state index is 12.1. The zero-order chi connectivity index (χ0) is 31.5. The van der Waals surface area contributed by atoms with Gasteiger partial charge in [-0.05, 0) is 87.4 Å². The van der Waals surface area contributed by atoms with Crippen LogP contribution in [0.4, 0.5) is 5.69 Å². The van der Waals surface area contributed by atoms with E-state index in [-0.39, 0.29) is 22.9 Å². The lowest BCUT2D eigenvalue weighted by Crippen LogP contribution is -2.25. The van der Waals surface area contributed by atoms with E-state index < -0.39 is 5.60 Å². The Bertz CT molecular complexity index is 1720. The summed E-state index contributed by atoms with van der Waals surface area (Å²) in [6, 6.07) is 26.5. The van der Waals surface area contributed by atoms with E-state index in [2.05, 4.69) is 30.0 Å². The fourth-order valence-electron chi connectivity index (χ4n) is 4.72. The molecule has 0 fully saturated rings. The van der Waals surface area contributed by atoms with Gasteiger partial charge in [0.1, 0.15) is 40.9 Å². The zero-order valence-corrected chi connectivity index (χ0v) is 24.9. The van der Waals surface area contributed by atoms with Crippen LogP contribution < -0.4 is 4.90 Å². The number of furan rings is 1. The molecule has 8 nitrogen and oxygen atoms in total. The molecule has 1 aromatic heterocycles. The number of anilines is 1. The van der Waals surface area contributed by atoms with Gasteiger partial charge in [-0.15, -0.1) is 0 Å². The van der Waals surface area contributed by atoms with Crippen molar-refractivity contribution in [3.05, 3.63) is 118 Å². The molecule has 1 aliphatic rings. The largest absolute Gasteiger partial charge is 0.480 e. The molecule has 0 atom stereocenters. The fourth-order valence-corrected chi connectivity index (χ4v) is 4.72. The van der Waals surface area contributed by atoms with E-state index in [4.69, 9.17) is 13.9 Å². The van der Waals surface area contributed by atoms with E-state index >= 15 is 0 Å². The van der Waals surface area contributed by atoms with Crippen LogP contribution in [0.3, 0.4) is 0 Å². The summed E-state index contributed by atoms with van der Waals surface area (Å²) in [5, 5.41) is 28.2. The van der Waals surface area contributed by atoms with Crippen molar-refractivity contribution in [3.8, 4) is 18.2 Å². The van der Waals surface area contributed by atoms with Crippen LogP contribution in [0.1, 0.15) is 54.6 Å². The fraction of sp³-hybridized carbons (Fsp3) is 0.222. The Labute approximate surface area is 257 Å². The van der Waals surface area contributed by atoms with Gasteiger partial charge in [0.15, 0.2) is 11.3 Å². The summed E-state index contributed by atoms with van der Waals surface area (Å²) in [5.74, 6) is 0.928. The van der Waals surface area contributed by atoms with Gasteiger partial charge < -0.3 is 18.8 Å². The van der Waals surface area contributed by atoms with Crippen LogP contribution in [-0.2, 0) is 9.47 Å². The Balaban J connectivity index is 1.35. The number of rotatable bonds is 11. The standard InChI is InChI=1S/C36H32N4O4/c1-4-40(21-8-22-42-35(41)27-9-6-5-7-10-27)29-14-11-26(12-15-29)13-16-30-17-18-31(43-30)19-20-33-32(25-39)34(28(23-37)24-38)44-36(33,2)3/h5-7,9-20H,4,8,21-22H2,1-3H3/b16-13+,20-19+. The molecule has 3 aromatic rings. The molecule has 4 rings (SSSR count). The average molecular weight is 585 g/mol. The highest BCUT2D eigenvalue weighted by Gasteiger charge is 2.38. The molecule has 8 heteroatoms. The number of nitriles is 3. The van der Waals surface area contributed by atoms with Crippen LogP contribution >= 0.6 is 0 Å². The molecule has 0 unspecified atom stereocenters. The van der Waals surface area contributed by atoms with Gasteiger partial charge >= 0.3 is 5.97 Å². The third-order valence-corrected chi connectivity index (χ3v) is 7.02. The second-order valence-corrected chi connectivity index (χ2v) is 10.4. The quantitative estimate of drug-likeness (QED) is 0.129. The molecular formula is C36H32N4O4. The van der Waals surface area contributed by atoms with E-state index in [0.29, 0.717) is 29.3 Å². The van der Waals surface area contributed by atoms with Crippen molar-refractivity contribution in [2.75, 3.05) is 24.6 Å². The maximum Gasteiger partial charge on any atom is 0.338 e. The van der Waals surface area contributed by atoms with Crippen molar-refractivity contribution in [2.45, 2.75) is 32.8 Å². The molecule has 44 heavy (non-hydrogen) atoms. The smallest absolute Gasteiger partial charge is 0.338 e. The topological polar surface area (TPSA) is 123 Å². The summed E-state index contributed by atoms with van der Waals surface area (Å²) in [7, 11) is 0. The van der Waals surface area contributed by atoms with Crippen molar-refractivity contribution < 1.29 is 18.7 Å². The summed E-state index contributed by atoms with van der Waals surface area (Å²) < 4.78 is 17.1. The van der Waals surface area contributed by atoms with Crippen molar-refractivity contribution in [1.29, 1.82) is 15.8 Å². The molecule has 0 saturated heterocycles. The lowest BCUT2D eigenvalue weighted by atomic mass is 9.94. The second kappa shape index (κ2) is 14.4. The highest BCUT2D eigenvalue weighted by molar-refractivity contribution is 5.89. The molecular weight excluding hydrogens is 552 g/mol. The zero-order valence-electron chi connectivity index (χ0n) is 24.9. The summed E-state index contributed by atoms with van der Waals surface area (Å²) >= 11 is 0. The number of esters is 1. The van der Waals surface area contributed by atoms with Gasteiger partial charge in [-0.25, -0.2) is 4.79 Å². The highest BCUT2D eigenvalue weighted by atomic mass is 16.5. The molecule has 0 radical (unpaired) electrons. The van der Waals surface area contributed by atoms with Gasteiger partial charge in [0.2, 0.25) is 0 Å². The number of carbonyl (C=O) groups is 1. The van der Waals surface area contributed by atoms with Crippen molar-refractivity contribution in [1.82, 2.24) is 0 Å². The molecule has 2 heterocycles. The minimum atomic E-state index is -0.889. The molecule has 0 N–H and O–H groups in total. The van der Waals surface area contributed by atoms with Gasteiger partial charge in [0.25, 0.3) is 0 Å². The van der Waals surface area contributed by atoms with Crippen molar-refractivity contribution >= 4 is 29.9 Å². The normalized spacial score (nSPS) is 13.8. The molecule has 2 aromatic carbocycles. The number of carbonyl (C=O) groups excluding carboxylic acids is 1. The molecule has 0 bridgehead atoms. The first-order chi connectivity index (χ1) is 21.3. The minimum absolute atomic E-state index is 0.00244. The molecule has 0 saturated carbocycles. The van der Waals surface area contributed by atoms with Crippen molar-refractivity contribution in [3.63, 3.8) is 0 Å². The SMILES string of the molecule is CCN(CCCOC(=O)c1ccccc1)c1ccc(/C=C/c2ccc(/C=C/C3=C(C#N)C(=C(C#N)C#N)OC3(C)C)o2)cc1. The van der Waals surface area contributed by atoms with Crippen LogP contribution in [0, 0.1) is 34.0 Å². The Hall–Kier alpha value is -5.78. The third kappa shape index (κ3) is 7.53. The maximum atomic E-state index is 12.1. The van der Waals surface area contributed by atoms with Crippen LogP contribution in [0.5, 0.6) is 0 Å². The summed E-state index contributed by atoms with van der Waals surface area (Å²) in [6.45, 7) is 7.59.